The molecule has 3 aromatic rings. The number of fused-ring (bicyclic) bond motifs is 2. The van der Waals surface area contributed by atoms with E-state index in [0.29, 0.717) is 0 Å². The molecule has 3 rings (SSSR count). The van der Waals surface area contributed by atoms with Gasteiger partial charge >= 0.3 is 0 Å². The van der Waals surface area contributed by atoms with Crippen LogP contribution in [0, 0.1) is 0 Å². The highest BCUT2D eigenvalue weighted by Crippen LogP contribution is 2.32. The third-order valence-electron chi connectivity index (χ3n) is 3.11. The van der Waals surface area contributed by atoms with Crippen molar-refractivity contribution in [3.8, 4) is 5.75 Å². The summed E-state index contributed by atoms with van der Waals surface area (Å²) in [5, 5.41) is 4.45. The Morgan fingerprint density at radius 1 is 0.882 bits per heavy atom. The number of hydrogen-bond acceptors (Lipinski definition) is 2. The molecule has 0 aliphatic carbocycles. The monoisotopic (exact) mass is 223 g/mol. The lowest BCUT2D eigenvalue weighted by molar-refractivity contribution is 0.415. The molecule has 0 amide bonds. The summed E-state index contributed by atoms with van der Waals surface area (Å²) in [6.07, 6.45) is 0. The van der Waals surface area contributed by atoms with E-state index in [0.717, 1.165) is 27.6 Å². The maximum Gasteiger partial charge on any atom is 0.119 e. The van der Waals surface area contributed by atoms with Crippen LogP contribution in [0.4, 0.5) is 5.69 Å². The van der Waals surface area contributed by atoms with Gasteiger partial charge in [-0.05, 0) is 29.0 Å². The van der Waals surface area contributed by atoms with Crippen LogP contribution < -0.4 is 10.5 Å². The van der Waals surface area contributed by atoms with Gasteiger partial charge in [0.25, 0.3) is 0 Å². The number of ether oxygens (including phenoxy) is 1. The zero-order valence-electron chi connectivity index (χ0n) is 9.60. The van der Waals surface area contributed by atoms with Crippen molar-refractivity contribution in [3.63, 3.8) is 0 Å². The average Bonchev–Trinajstić information content (AvgIpc) is 2.39. The molecule has 0 aliphatic heterocycles. The summed E-state index contributed by atoms with van der Waals surface area (Å²) >= 11 is 0. The third kappa shape index (κ3) is 1.49. The molecule has 17 heavy (non-hydrogen) atoms. The minimum Gasteiger partial charge on any atom is -0.497 e. The lowest BCUT2D eigenvalue weighted by Gasteiger charge is -2.08. The van der Waals surface area contributed by atoms with Crippen LogP contribution in [0.15, 0.2) is 48.5 Å². The van der Waals surface area contributed by atoms with Crippen LogP contribution >= 0.6 is 0 Å². The predicted octanol–water partition coefficient (Wildman–Crippen LogP) is 3.58. The Morgan fingerprint density at radius 2 is 1.65 bits per heavy atom. The maximum atomic E-state index is 6.22. The summed E-state index contributed by atoms with van der Waals surface area (Å²) in [6, 6.07) is 16.3. The smallest absolute Gasteiger partial charge is 0.119 e. The van der Waals surface area contributed by atoms with Crippen molar-refractivity contribution < 1.29 is 4.74 Å². The summed E-state index contributed by atoms with van der Waals surface area (Å²) < 4.78 is 5.23. The molecule has 0 fully saturated rings. The first-order chi connectivity index (χ1) is 8.29. The van der Waals surface area contributed by atoms with Gasteiger partial charge in [-0.2, -0.15) is 0 Å². The quantitative estimate of drug-likeness (QED) is 0.505. The van der Waals surface area contributed by atoms with Gasteiger partial charge in [-0.1, -0.05) is 30.3 Å². The number of nitrogen functional groups attached to an aromatic ring is 1. The summed E-state index contributed by atoms with van der Waals surface area (Å²) in [5.74, 6) is 0.833. The van der Waals surface area contributed by atoms with Crippen molar-refractivity contribution in [2.75, 3.05) is 12.8 Å². The fourth-order valence-electron chi connectivity index (χ4n) is 2.20. The van der Waals surface area contributed by atoms with Crippen LogP contribution in [-0.2, 0) is 0 Å². The number of methoxy groups -OCH3 is 1. The Bertz CT molecular complexity index is 704. The molecule has 0 atom stereocenters. The summed E-state index contributed by atoms with van der Waals surface area (Å²) in [5.41, 5.74) is 7.04. The molecule has 0 bridgehead atoms. The molecule has 0 heterocycles. The highest BCUT2D eigenvalue weighted by atomic mass is 16.5. The molecule has 0 unspecified atom stereocenters. The van der Waals surface area contributed by atoms with Crippen molar-refractivity contribution in [3.05, 3.63) is 48.5 Å². The standard InChI is InChI=1S/C15H13NO/c1-17-12-7-6-11-8-10-4-2-3-5-13(10)15(16)14(11)9-12/h2-9H,16H2,1H3. The predicted molar refractivity (Wildman–Crippen MR) is 72.4 cm³/mol. The molecule has 0 radical (unpaired) electrons. The SMILES string of the molecule is COc1ccc2cc3ccccc3c(N)c2c1. The van der Waals surface area contributed by atoms with Crippen molar-refractivity contribution in [2.24, 2.45) is 0 Å². The maximum absolute atomic E-state index is 6.22. The largest absolute Gasteiger partial charge is 0.497 e. The summed E-state index contributed by atoms with van der Waals surface area (Å²) in [4.78, 5) is 0. The zero-order chi connectivity index (χ0) is 11.8. The molecule has 2 heteroatoms. The first-order valence-corrected chi connectivity index (χ1v) is 5.54. The number of anilines is 1. The number of benzene rings is 3. The Hall–Kier alpha value is -2.22. The topological polar surface area (TPSA) is 35.2 Å². The molecule has 84 valence electrons. The minimum absolute atomic E-state index is 0.817. The van der Waals surface area contributed by atoms with Crippen molar-refractivity contribution in [2.45, 2.75) is 0 Å². The van der Waals surface area contributed by atoms with Crippen molar-refractivity contribution in [1.29, 1.82) is 0 Å². The summed E-state index contributed by atoms with van der Waals surface area (Å²) in [7, 11) is 1.67. The summed E-state index contributed by atoms with van der Waals surface area (Å²) in [6.45, 7) is 0. The first kappa shape index (κ1) is 9.97. The lowest BCUT2D eigenvalue weighted by atomic mass is 10.0. The Labute approximate surface area is 99.6 Å². The Morgan fingerprint density at radius 3 is 2.47 bits per heavy atom. The second kappa shape index (κ2) is 3.67. The number of nitrogens with two attached hydrogens (primary N) is 1. The lowest BCUT2D eigenvalue weighted by Crippen LogP contribution is -1.90. The number of hydrogen-bond donors (Lipinski definition) is 1. The van der Waals surface area contributed by atoms with Crippen molar-refractivity contribution >= 4 is 27.2 Å². The molecule has 0 saturated carbocycles. The molecule has 2 N–H and O–H groups in total. The van der Waals surface area contributed by atoms with E-state index in [4.69, 9.17) is 10.5 Å². The van der Waals surface area contributed by atoms with Gasteiger partial charge in [0.15, 0.2) is 0 Å². The van der Waals surface area contributed by atoms with E-state index >= 15 is 0 Å². The molecule has 3 aromatic carbocycles. The first-order valence-electron chi connectivity index (χ1n) is 5.54. The van der Waals surface area contributed by atoms with Crippen LogP contribution in [0.25, 0.3) is 21.5 Å². The highest BCUT2D eigenvalue weighted by molar-refractivity contribution is 6.10. The third-order valence-corrected chi connectivity index (χ3v) is 3.11. The normalized spacial score (nSPS) is 10.9. The van der Waals surface area contributed by atoms with Crippen LogP contribution in [0.3, 0.4) is 0 Å². The Balaban J connectivity index is 2.46. The highest BCUT2D eigenvalue weighted by Gasteiger charge is 2.05. The zero-order valence-corrected chi connectivity index (χ0v) is 9.60. The van der Waals surface area contributed by atoms with E-state index in [1.807, 2.05) is 36.4 Å². The van der Waals surface area contributed by atoms with Gasteiger partial charge in [-0.3, -0.25) is 0 Å². The van der Waals surface area contributed by atoms with Gasteiger partial charge in [0.05, 0.1) is 7.11 Å². The average molecular weight is 223 g/mol. The van der Waals surface area contributed by atoms with Crippen molar-refractivity contribution in [1.82, 2.24) is 0 Å². The molecule has 0 aliphatic rings. The van der Waals surface area contributed by atoms with Gasteiger partial charge in [0.1, 0.15) is 5.75 Å². The molecular weight excluding hydrogens is 210 g/mol. The van der Waals surface area contributed by atoms with E-state index in [2.05, 4.69) is 12.1 Å². The number of rotatable bonds is 1. The fraction of sp³-hybridized carbons (Fsp3) is 0.0667. The van der Waals surface area contributed by atoms with Gasteiger partial charge in [0, 0.05) is 16.5 Å². The molecular formula is C15H13NO. The van der Waals surface area contributed by atoms with Crippen LogP contribution in [0.5, 0.6) is 5.75 Å². The van der Waals surface area contributed by atoms with E-state index < -0.39 is 0 Å². The molecule has 0 aromatic heterocycles. The van der Waals surface area contributed by atoms with E-state index in [1.165, 1.54) is 5.39 Å². The fourth-order valence-corrected chi connectivity index (χ4v) is 2.20. The van der Waals surface area contributed by atoms with Crippen LogP contribution in [-0.4, -0.2) is 7.11 Å². The van der Waals surface area contributed by atoms with Gasteiger partial charge in [0.2, 0.25) is 0 Å². The van der Waals surface area contributed by atoms with Crippen LogP contribution in [0.1, 0.15) is 0 Å². The Kier molecular flexibility index (Phi) is 2.15. The van der Waals surface area contributed by atoms with Gasteiger partial charge < -0.3 is 10.5 Å². The van der Waals surface area contributed by atoms with E-state index in [1.54, 1.807) is 7.11 Å². The van der Waals surface area contributed by atoms with Crippen LogP contribution in [0.2, 0.25) is 0 Å². The molecule has 0 saturated heterocycles. The van der Waals surface area contributed by atoms with Gasteiger partial charge in [-0.15, -0.1) is 0 Å². The van der Waals surface area contributed by atoms with Gasteiger partial charge in [-0.25, -0.2) is 0 Å². The second-order valence-corrected chi connectivity index (χ2v) is 4.10. The van der Waals surface area contributed by atoms with E-state index in [-0.39, 0.29) is 0 Å². The second-order valence-electron chi connectivity index (χ2n) is 4.10. The van der Waals surface area contributed by atoms with E-state index in [9.17, 15) is 0 Å². The molecule has 0 spiro atoms. The molecule has 2 nitrogen and oxygen atoms in total. The minimum atomic E-state index is 0.817.